The number of rotatable bonds is 14. The van der Waals surface area contributed by atoms with E-state index in [4.69, 9.17) is 22.3 Å². The van der Waals surface area contributed by atoms with Gasteiger partial charge in [0.2, 0.25) is 17.7 Å². The van der Waals surface area contributed by atoms with Gasteiger partial charge in [0, 0.05) is 12.3 Å². The topological polar surface area (TPSA) is 215 Å². The number of carboxylic acid groups (broad SMARTS) is 1. The highest BCUT2D eigenvalue weighted by Crippen LogP contribution is 2.10. The molecule has 178 valence electrons. The number of carbonyl (C=O) groups excluding carboxylic acids is 3. The van der Waals surface area contributed by atoms with Gasteiger partial charge in [-0.3, -0.25) is 19.4 Å². The lowest BCUT2D eigenvalue weighted by molar-refractivity contribution is -0.141. The van der Waals surface area contributed by atoms with Crippen molar-refractivity contribution in [2.45, 2.75) is 64.2 Å². The van der Waals surface area contributed by atoms with Crippen LogP contribution in [0.4, 0.5) is 0 Å². The van der Waals surface area contributed by atoms with Crippen molar-refractivity contribution < 1.29 is 24.3 Å². The quantitative estimate of drug-likeness (QED) is 0.0619. The van der Waals surface area contributed by atoms with Crippen LogP contribution in [-0.2, 0) is 19.2 Å². The fourth-order valence-electron chi connectivity index (χ4n) is 2.48. The van der Waals surface area contributed by atoms with Crippen LogP contribution >= 0.6 is 12.6 Å². The Bertz CT molecular complexity index is 655. The van der Waals surface area contributed by atoms with Crippen LogP contribution in [0.2, 0.25) is 0 Å². The van der Waals surface area contributed by atoms with E-state index >= 15 is 0 Å². The van der Waals surface area contributed by atoms with Crippen molar-refractivity contribution in [2.24, 2.45) is 28.1 Å². The zero-order chi connectivity index (χ0) is 24.1. The van der Waals surface area contributed by atoms with Crippen molar-refractivity contribution in [3.63, 3.8) is 0 Å². The van der Waals surface area contributed by atoms with Crippen molar-refractivity contribution in [1.29, 1.82) is 0 Å². The number of hydrogen-bond donors (Lipinski definition) is 8. The van der Waals surface area contributed by atoms with Gasteiger partial charge in [-0.05, 0) is 25.7 Å². The Hall–Kier alpha value is -2.54. The Balaban J connectivity index is 5.48. The van der Waals surface area contributed by atoms with Crippen molar-refractivity contribution in [3.05, 3.63) is 0 Å². The maximum Gasteiger partial charge on any atom is 0.327 e. The van der Waals surface area contributed by atoms with Crippen molar-refractivity contribution in [1.82, 2.24) is 16.0 Å². The molecule has 0 saturated carbocycles. The van der Waals surface area contributed by atoms with E-state index in [2.05, 4.69) is 33.6 Å². The Morgan fingerprint density at radius 3 is 2.03 bits per heavy atom. The van der Waals surface area contributed by atoms with Crippen LogP contribution in [0.1, 0.15) is 40.0 Å². The lowest BCUT2D eigenvalue weighted by Crippen LogP contribution is -2.58. The predicted octanol–water partition coefficient (Wildman–Crippen LogP) is -2.10. The molecule has 3 amide bonds. The summed E-state index contributed by atoms with van der Waals surface area (Å²) in [5.41, 5.74) is 16.1. The first kappa shape index (κ1) is 28.5. The maximum atomic E-state index is 12.9. The summed E-state index contributed by atoms with van der Waals surface area (Å²) in [5.74, 6) is -3.51. The summed E-state index contributed by atoms with van der Waals surface area (Å²) in [4.78, 5) is 52.6. The molecule has 0 radical (unpaired) electrons. The molecule has 13 heteroatoms. The molecule has 0 aliphatic carbocycles. The molecule has 31 heavy (non-hydrogen) atoms. The van der Waals surface area contributed by atoms with Crippen molar-refractivity contribution >= 4 is 42.3 Å². The molecular weight excluding hydrogens is 426 g/mol. The molecule has 0 aromatic carbocycles. The number of thiol groups is 1. The zero-order valence-electron chi connectivity index (χ0n) is 18.1. The van der Waals surface area contributed by atoms with Gasteiger partial charge in [0.05, 0.1) is 6.04 Å². The standard InChI is InChI=1S/C18H35N7O5S/c1-4-9(2)13(25-14(26)10(3)19)16(28)23-11(6-5-7-22-18(20)21)15(27)24-12(8-31)17(29)30/h9-13,31H,4-8,19H2,1-3H3,(H,23,28)(H,24,27)(H,25,26)(H,29,30)(H4,20,21,22). The number of nitrogens with zero attached hydrogens (tertiary/aromatic N) is 1. The summed E-state index contributed by atoms with van der Waals surface area (Å²) in [7, 11) is 0. The average Bonchev–Trinajstić information content (AvgIpc) is 2.70. The van der Waals surface area contributed by atoms with E-state index in [1.165, 1.54) is 6.92 Å². The largest absolute Gasteiger partial charge is 0.480 e. The van der Waals surface area contributed by atoms with Crippen LogP contribution in [0.5, 0.6) is 0 Å². The number of aliphatic imine (C=N–C) groups is 1. The number of carbonyl (C=O) groups is 4. The fraction of sp³-hybridized carbons (Fsp3) is 0.722. The van der Waals surface area contributed by atoms with E-state index in [1.54, 1.807) is 6.92 Å². The monoisotopic (exact) mass is 461 g/mol. The first-order valence-corrected chi connectivity index (χ1v) is 10.6. The first-order valence-electron chi connectivity index (χ1n) is 10.00. The molecule has 0 saturated heterocycles. The molecule has 5 atom stereocenters. The van der Waals surface area contributed by atoms with E-state index in [0.29, 0.717) is 12.8 Å². The van der Waals surface area contributed by atoms with Gasteiger partial charge in [0.25, 0.3) is 0 Å². The molecular formula is C18H35N7O5S. The van der Waals surface area contributed by atoms with Gasteiger partial charge in [-0.15, -0.1) is 0 Å². The van der Waals surface area contributed by atoms with E-state index in [9.17, 15) is 19.2 Å². The number of guanidine groups is 1. The number of aliphatic carboxylic acids is 1. The highest BCUT2D eigenvalue weighted by Gasteiger charge is 2.31. The number of nitrogens with one attached hydrogen (secondary N) is 3. The third-order valence-electron chi connectivity index (χ3n) is 4.58. The van der Waals surface area contributed by atoms with Gasteiger partial charge in [-0.1, -0.05) is 20.3 Å². The van der Waals surface area contributed by atoms with E-state index in [1.807, 2.05) is 6.92 Å². The first-order chi connectivity index (χ1) is 14.4. The minimum absolute atomic E-state index is 0.110. The second-order valence-corrected chi connectivity index (χ2v) is 7.62. The van der Waals surface area contributed by atoms with Gasteiger partial charge >= 0.3 is 5.97 Å². The van der Waals surface area contributed by atoms with Crippen LogP contribution in [0, 0.1) is 5.92 Å². The second-order valence-electron chi connectivity index (χ2n) is 7.25. The summed E-state index contributed by atoms with van der Waals surface area (Å²) in [5, 5.41) is 16.7. The molecule has 0 spiro atoms. The lowest BCUT2D eigenvalue weighted by atomic mass is 9.97. The molecule has 0 aromatic heterocycles. The smallest absolute Gasteiger partial charge is 0.327 e. The predicted molar refractivity (Wildman–Crippen MR) is 120 cm³/mol. The molecule has 0 aromatic rings. The van der Waals surface area contributed by atoms with Gasteiger partial charge in [-0.2, -0.15) is 12.6 Å². The van der Waals surface area contributed by atoms with Crippen LogP contribution in [0.15, 0.2) is 4.99 Å². The Morgan fingerprint density at radius 2 is 1.58 bits per heavy atom. The maximum absolute atomic E-state index is 12.9. The third-order valence-corrected chi connectivity index (χ3v) is 4.95. The fourth-order valence-corrected chi connectivity index (χ4v) is 2.73. The molecule has 5 unspecified atom stereocenters. The summed E-state index contributed by atoms with van der Waals surface area (Å²) < 4.78 is 0. The second kappa shape index (κ2) is 14.5. The van der Waals surface area contributed by atoms with Crippen LogP contribution < -0.4 is 33.2 Å². The molecule has 0 aliphatic rings. The number of amides is 3. The average molecular weight is 462 g/mol. The number of nitrogens with two attached hydrogens (primary N) is 3. The summed E-state index contributed by atoms with van der Waals surface area (Å²) in [6.07, 6.45) is 1.07. The number of hydrogen-bond acceptors (Lipinski definition) is 7. The van der Waals surface area contributed by atoms with Crippen molar-refractivity contribution in [3.8, 4) is 0 Å². The molecule has 0 heterocycles. The van der Waals surface area contributed by atoms with Gasteiger partial charge < -0.3 is 38.3 Å². The Kier molecular flexibility index (Phi) is 13.3. The summed E-state index contributed by atoms with van der Waals surface area (Å²) in [6.45, 7) is 5.34. The molecule has 0 bridgehead atoms. The molecule has 0 rings (SSSR count). The minimum atomic E-state index is -1.25. The molecule has 12 nitrogen and oxygen atoms in total. The third kappa shape index (κ3) is 10.9. The zero-order valence-corrected chi connectivity index (χ0v) is 19.0. The Morgan fingerprint density at radius 1 is 1.00 bits per heavy atom. The SMILES string of the molecule is CCC(C)C(NC(=O)C(C)N)C(=O)NC(CCCN=C(N)N)C(=O)NC(CS)C(=O)O. The summed E-state index contributed by atoms with van der Waals surface area (Å²) >= 11 is 3.92. The van der Waals surface area contributed by atoms with Gasteiger partial charge in [0.1, 0.15) is 18.1 Å². The van der Waals surface area contributed by atoms with Crippen LogP contribution in [0.3, 0.4) is 0 Å². The highest BCUT2D eigenvalue weighted by atomic mass is 32.1. The van der Waals surface area contributed by atoms with Gasteiger partial charge in [0.15, 0.2) is 5.96 Å². The van der Waals surface area contributed by atoms with Crippen LogP contribution in [-0.4, -0.2) is 71.2 Å². The highest BCUT2D eigenvalue weighted by molar-refractivity contribution is 7.80. The van der Waals surface area contributed by atoms with E-state index in [0.717, 1.165) is 0 Å². The van der Waals surface area contributed by atoms with Gasteiger partial charge in [-0.25, -0.2) is 4.79 Å². The van der Waals surface area contributed by atoms with E-state index in [-0.39, 0.29) is 30.6 Å². The van der Waals surface area contributed by atoms with E-state index < -0.39 is 47.9 Å². The molecule has 10 N–H and O–H groups in total. The van der Waals surface area contributed by atoms with Crippen molar-refractivity contribution in [2.75, 3.05) is 12.3 Å². The number of carboxylic acids is 1. The lowest BCUT2D eigenvalue weighted by Gasteiger charge is -2.27. The Labute approximate surface area is 187 Å². The molecule has 0 aliphatic heterocycles. The van der Waals surface area contributed by atoms with Crippen LogP contribution in [0.25, 0.3) is 0 Å². The molecule has 0 fully saturated rings. The minimum Gasteiger partial charge on any atom is -0.480 e. The summed E-state index contributed by atoms with van der Waals surface area (Å²) in [6, 6.07) is -4.03. The normalized spacial score (nSPS) is 15.5.